The number of amides is 1. The number of hydrogen-bond acceptors (Lipinski definition) is 3. The van der Waals surface area contributed by atoms with Gasteiger partial charge in [-0.15, -0.1) is 0 Å². The molecule has 0 radical (unpaired) electrons. The van der Waals surface area contributed by atoms with Gasteiger partial charge in [-0.2, -0.15) is 0 Å². The molecule has 0 aliphatic heterocycles. The van der Waals surface area contributed by atoms with E-state index in [1.165, 1.54) is 0 Å². The second-order valence-corrected chi connectivity index (χ2v) is 4.68. The van der Waals surface area contributed by atoms with E-state index in [2.05, 4.69) is 5.32 Å². The number of nitrogens with zero attached hydrogens (tertiary/aromatic N) is 1. The van der Waals surface area contributed by atoms with Crippen molar-refractivity contribution < 1.29 is 14.7 Å². The minimum absolute atomic E-state index is 0.0278. The minimum atomic E-state index is -0.972. The lowest BCUT2D eigenvalue weighted by Gasteiger charge is -2.29. The maximum absolute atomic E-state index is 11.8. The number of carbonyl (C=O) groups is 2. The third-order valence-corrected chi connectivity index (χ3v) is 3.68. The second kappa shape index (κ2) is 5.49. The van der Waals surface area contributed by atoms with Crippen LogP contribution in [0.4, 0.5) is 0 Å². The van der Waals surface area contributed by atoms with Crippen molar-refractivity contribution in [2.75, 3.05) is 13.6 Å². The third-order valence-electron chi connectivity index (χ3n) is 3.68. The molecular formula is C12H22N2O3. The Morgan fingerprint density at radius 2 is 1.88 bits per heavy atom. The van der Waals surface area contributed by atoms with Gasteiger partial charge in [0.25, 0.3) is 0 Å². The fourth-order valence-electron chi connectivity index (χ4n) is 1.91. The van der Waals surface area contributed by atoms with Crippen LogP contribution < -0.4 is 5.32 Å². The number of likely N-dealkylation sites (N-methyl/N-ethyl adjacent to an activating group) is 1. The van der Waals surface area contributed by atoms with Gasteiger partial charge in [0.2, 0.25) is 5.91 Å². The van der Waals surface area contributed by atoms with Crippen molar-refractivity contribution in [3.63, 3.8) is 0 Å². The topological polar surface area (TPSA) is 69.6 Å². The van der Waals surface area contributed by atoms with Gasteiger partial charge in [0.05, 0.1) is 6.54 Å². The van der Waals surface area contributed by atoms with Crippen molar-refractivity contribution in [1.82, 2.24) is 10.2 Å². The molecule has 1 aliphatic rings. The Labute approximate surface area is 102 Å². The van der Waals surface area contributed by atoms with E-state index in [4.69, 9.17) is 0 Å². The molecule has 0 aromatic carbocycles. The van der Waals surface area contributed by atoms with Gasteiger partial charge in [0.15, 0.2) is 0 Å². The minimum Gasteiger partial charge on any atom is -0.480 e. The van der Waals surface area contributed by atoms with Crippen LogP contribution in [0.5, 0.6) is 0 Å². The summed E-state index contributed by atoms with van der Waals surface area (Å²) in [6, 6.07) is 0.367. The SMILES string of the molecule is CCC(CC)(NCC(=O)N(C)C1CC1)C(=O)O. The average molecular weight is 242 g/mol. The highest BCUT2D eigenvalue weighted by molar-refractivity contribution is 5.82. The standard InChI is InChI=1S/C12H22N2O3/c1-4-12(5-2,11(16)17)13-8-10(15)14(3)9-6-7-9/h9,13H,4-8H2,1-3H3,(H,16,17). The molecule has 5 heteroatoms. The highest BCUT2D eigenvalue weighted by atomic mass is 16.4. The fraction of sp³-hybridized carbons (Fsp3) is 0.833. The van der Waals surface area contributed by atoms with Gasteiger partial charge in [0, 0.05) is 13.1 Å². The van der Waals surface area contributed by atoms with Gasteiger partial charge in [-0.3, -0.25) is 14.9 Å². The molecule has 0 bridgehead atoms. The molecule has 1 saturated carbocycles. The predicted molar refractivity (Wildman–Crippen MR) is 64.7 cm³/mol. The summed E-state index contributed by atoms with van der Waals surface area (Å²) in [5.41, 5.74) is -0.972. The van der Waals surface area contributed by atoms with E-state index >= 15 is 0 Å². The Balaban J connectivity index is 2.51. The summed E-state index contributed by atoms with van der Waals surface area (Å²) >= 11 is 0. The Morgan fingerprint density at radius 1 is 1.35 bits per heavy atom. The van der Waals surface area contributed by atoms with E-state index in [1.807, 2.05) is 13.8 Å². The molecule has 5 nitrogen and oxygen atoms in total. The Hall–Kier alpha value is -1.10. The maximum Gasteiger partial charge on any atom is 0.323 e. The van der Waals surface area contributed by atoms with Gasteiger partial charge in [-0.1, -0.05) is 13.8 Å². The Morgan fingerprint density at radius 3 is 2.24 bits per heavy atom. The summed E-state index contributed by atoms with van der Waals surface area (Å²) in [6.07, 6.45) is 3.07. The number of nitrogens with one attached hydrogen (secondary N) is 1. The summed E-state index contributed by atoms with van der Waals surface area (Å²) in [7, 11) is 1.78. The second-order valence-electron chi connectivity index (χ2n) is 4.68. The molecule has 0 aromatic heterocycles. The van der Waals surface area contributed by atoms with Gasteiger partial charge < -0.3 is 10.0 Å². The number of carboxylic acid groups (broad SMARTS) is 1. The highest BCUT2D eigenvalue weighted by Gasteiger charge is 2.36. The van der Waals surface area contributed by atoms with E-state index < -0.39 is 11.5 Å². The predicted octanol–water partition coefficient (Wildman–Crippen LogP) is 0.840. The quantitative estimate of drug-likeness (QED) is 0.694. The van der Waals surface area contributed by atoms with Crippen LogP contribution in [0.1, 0.15) is 39.5 Å². The normalized spacial score (nSPS) is 15.7. The molecule has 1 fully saturated rings. The van der Waals surface area contributed by atoms with Gasteiger partial charge in [-0.25, -0.2) is 0 Å². The van der Waals surface area contributed by atoms with Gasteiger partial charge in [-0.05, 0) is 25.7 Å². The van der Waals surface area contributed by atoms with Crippen molar-refractivity contribution in [3.8, 4) is 0 Å². The van der Waals surface area contributed by atoms with Crippen LogP contribution in [-0.4, -0.2) is 47.1 Å². The van der Waals surface area contributed by atoms with Gasteiger partial charge >= 0.3 is 5.97 Å². The van der Waals surface area contributed by atoms with Crippen molar-refractivity contribution in [3.05, 3.63) is 0 Å². The van der Waals surface area contributed by atoms with Crippen LogP contribution in [0.3, 0.4) is 0 Å². The zero-order chi connectivity index (χ0) is 13.1. The summed E-state index contributed by atoms with van der Waals surface area (Å²) < 4.78 is 0. The van der Waals surface area contributed by atoms with Crippen molar-refractivity contribution in [2.24, 2.45) is 0 Å². The van der Waals surface area contributed by atoms with Crippen LogP contribution in [0, 0.1) is 0 Å². The molecule has 98 valence electrons. The fourth-order valence-corrected chi connectivity index (χ4v) is 1.91. The molecule has 17 heavy (non-hydrogen) atoms. The molecule has 0 atom stereocenters. The van der Waals surface area contributed by atoms with Gasteiger partial charge in [0.1, 0.15) is 5.54 Å². The number of rotatable bonds is 7. The molecule has 0 unspecified atom stereocenters. The molecule has 0 saturated heterocycles. The van der Waals surface area contributed by atoms with Crippen molar-refractivity contribution >= 4 is 11.9 Å². The number of aliphatic carboxylic acids is 1. The first-order valence-corrected chi connectivity index (χ1v) is 6.21. The lowest BCUT2D eigenvalue weighted by Crippen LogP contribution is -2.54. The third kappa shape index (κ3) is 3.19. The first-order valence-electron chi connectivity index (χ1n) is 6.21. The number of hydrogen-bond donors (Lipinski definition) is 2. The van der Waals surface area contributed by atoms with Crippen LogP contribution in [0.2, 0.25) is 0 Å². The molecule has 0 aromatic rings. The van der Waals surface area contributed by atoms with Crippen LogP contribution in [0.15, 0.2) is 0 Å². The Kier molecular flexibility index (Phi) is 4.51. The molecular weight excluding hydrogens is 220 g/mol. The van der Waals surface area contributed by atoms with E-state index in [9.17, 15) is 14.7 Å². The van der Waals surface area contributed by atoms with Crippen LogP contribution in [-0.2, 0) is 9.59 Å². The monoisotopic (exact) mass is 242 g/mol. The maximum atomic E-state index is 11.8. The van der Waals surface area contributed by atoms with E-state index in [0.717, 1.165) is 12.8 Å². The van der Waals surface area contributed by atoms with Crippen molar-refractivity contribution in [1.29, 1.82) is 0 Å². The zero-order valence-electron chi connectivity index (χ0n) is 10.8. The lowest BCUT2D eigenvalue weighted by atomic mass is 9.93. The molecule has 1 aliphatic carbocycles. The summed E-state index contributed by atoms with van der Waals surface area (Å²) in [4.78, 5) is 24.7. The van der Waals surface area contributed by atoms with E-state index in [-0.39, 0.29) is 12.5 Å². The van der Waals surface area contributed by atoms with Crippen molar-refractivity contribution in [2.45, 2.75) is 51.1 Å². The van der Waals surface area contributed by atoms with E-state index in [1.54, 1.807) is 11.9 Å². The summed E-state index contributed by atoms with van der Waals surface area (Å²) in [5.74, 6) is -0.913. The van der Waals surface area contributed by atoms with E-state index in [0.29, 0.717) is 18.9 Å². The number of carbonyl (C=O) groups excluding carboxylic acids is 1. The highest BCUT2D eigenvalue weighted by Crippen LogP contribution is 2.25. The molecule has 1 rings (SSSR count). The smallest absolute Gasteiger partial charge is 0.323 e. The zero-order valence-corrected chi connectivity index (χ0v) is 10.8. The molecule has 2 N–H and O–H groups in total. The Bertz CT molecular complexity index is 296. The lowest BCUT2D eigenvalue weighted by molar-refractivity contribution is -0.145. The molecule has 0 heterocycles. The summed E-state index contributed by atoms with van der Waals surface area (Å²) in [5, 5.41) is 12.1. The number of carboxylic acids is 1. The first kappa shape index (κ1) is 14.0. The first-order chi connectivity index (χ1) is 7.96. The summed E-state index contributed by atoms with van der Waals surface area (Å²) in [6.45, 7) is 3.74. The van der Waals surface area contributed by atoms with Crippen LogP contribution >= 0.6 is 0 Å². The average Bonchev–Trinajstić information content (AvgIpc) is 3.13. The van der Waals surface area contributed by atoms with Crippen LogP contribution in [0.25, 0.3) is 0 Å². The molecule has 0 spiro atoms. The largest absolute Gasteiger partial charge is 0.480 e. The molecule has 1 amide bonds.